The van der Waals surface area contributed by atoms with Gasteiger partial charge in [0, 0.05) is 5.69 Å². The van der Waals surface area contributed by atoms with Crippen molar-refractivity contribution in [2.24, 2.45) is 0 Å². The van der Waals surface area contributed by atoms with Crippen LogP contribution in [0.1, 0.15) is 17.0 Å². The van der Waals surface area contributed by atoms with Crippen molar-refractivity contribution in [2.75, 3.05) is 13.2 Å². The third-order valence-electron chi connectivity index (χ3n) is 3.64. The van der Waals surface area contributed by atoms with Gasteiger partial charge in [0.1, 0.15) is 12.4 Å². The smallest absolute Gasteiger partial charge is 0.293 e. The predicted octanol–water partition coefficient (Wildman–Crippen LogP) is 3.81. The number of pyridine rings is 1. The summed E-state index contributed by atoms with van der Waals surface area (Å²) in [6.45, 7) is 4.34. The van der Waals surface area contributed by atoms with E-state index in [1.165, 1.54) is 4.90 Å². The largest absolute Gasteiger partial charge is 0.492 e. The summed E-state index contributed by atoms with van der Waals surface area (Å²) in [6.07, 6.45) is 1.65. The second-order valence-electron chi connectivity index (χ2n) is 5.70. The van der Waals surface area contributed by atoms with Gasteiger partial charge in [-0.3, -0.25) is 19.5 Å². The van der Waals surface area contributed by atoms with E-state index in [1.54, 1.807) is 6.08 Å². The maximum absolute atomic E-state index is 12.4. The highest BCUT2D eigenvalue weighted by atomic mass is 32.2. The Morgan fingerprint density at radius 3 is 2.72 bits per heavy atom. The lowest BCUT2D eigenvalue weighted by molar-refractivity contribution is -0.123. The van der Waals surface area contributed by atoms with Gasteiger partial charge in [-0.2, -0.15) is 0 Å². The summed E-state index contributed by atoms with van der Waals surface area (Å²) < 4.78 is 5.63. The normalized spacial score (nSPS) is 15.9. The molecule has 0 saturated carbocycles. The van der Waals surface area contributed by atoms with Gasteiger partial charge in [0.15, 0.2) is 0 Å². The maximum Gasteiger partial charge on any atom is 0.293 e. The fraction of sp³-hybridized carbons (Fsp3) is 0.211. The Kier molecular flexibility index (Phi) is 5.19. The van der Waals surface area contributed by atoms with Gasteiger partial charge in [-0.05, 0) is 61.5 Å². The Hall–Kier alpha value is -2.60. The van der Waals surface area contributed by atoms with Crippen molar-refractivity contribution in [3.63, 3.8) is 0 Å². The lowest BCUT2D eigenvalue weighted by Gasteiger charge is -2.13. The van der Waals surface area contributed by atoms with Crippen LogP contribution in [0.15, 0.2) is 47.4 Å². The fourth-order valence-electron chi connectivity index (χ4n) is 2.43. The third-order valence-corrected chi connectivity index (χ3v) is 4.54. The predicted molar refractivity (Wildman–Crippen MR) is 98.3 cm³/mol. The van der Waals surface area contributed by atoms with Crippen molar-refractivity contribution in [3.05, 3.63) is 64.3 Å². The van der Waals surface area contributed by atoms with E-state index in [2.05, 4.69) is 4.98 Å². The van der Waals surface area contributed by atoms with Gasteiger partial charge >= 0.3 is 0 Å². The average Bonchev–Trinajstić information content (AvgIpc) is 2.82. The van der Waals surface area contributed by atoms with Gasteiger partial charge in [0.25, 0.3) is 11.1 Å². The molecule has 0 spiro atoms. The summed E-state index contributed by atoms with van der Waals surface area (Å²) in [5.74, 6) is 0.428. The molecule has 0 N–H and O–H groups in total. The molecule has 0 unspecified atom stereocenters. The van der Waals surface area contributed by atoms with Gasteiger partial charge in [0.2, 0.25) is 0 Å². The first-order chi connectivity index (χ1) is 12.0. The van der Waals surface area contributed by atoms with Crippen LogP contribution in [-0.2, 0) is 4.79 Å². The van der Waals surface area contributed by atoms with E-state index in [0.717, 1.165) is 28.8 Å². The number of hydrogen-bond donors (Lipinski definition) is 0. The molecule has 0 aliphatic carbocycles. The van der Waals surface area contributed by atoms with Crippen LogP contribution in [0.2, 0.25) is 0 Å². The minimum Gasteiger partial charge on any atom is -0.492 e. The van der Waals surface area contributed by atoms with Crippen molar-refractivity contribution in [1.29, 1.82) is 0 Å². The highest BCUT2D eigenvalue weighted by Crippen LogP contribution is 2.31. The molecule has 5 nitrogen and oxygen atoms in total. The van der Waals surface area contributed by atoms with E-state index >= 15 is 0 Å². The number of ether oxygens (including phenoxy) is 1. The number of aryl methyl sites for hydroxylation is 2. The molecule has 128 valence electrons. The van der Waals surface area contributed by atoms with E-state index in [9.17, 15) is 9.59 Å². The number of amides is 2. The Bertz CT molecular complexity index is 848. The van der Waals surface area contributed by atoms with E-state index in [1.807, 2.05) is 56.3 Å². The van der Waals surface area contributed by atoms with Crippen LogP contribution in [0.25, 0.3) is 6.08 Å². The molecular formula is C19H18N2O3S. The van der Waals surface area contributed by atoms with E-state index in [-0.39, 0.29) is 24.3 Å². The monoisotopic (exact) mass is 354 g/mol. The molecule has 0 atom stereocenters. The number of aromatic nitrogens is 1. The first-order valence-electron chi connectivity index (χ1n) is 7.91. The Morgan fingerprint density at radius 2 is 1.96 bits per heavy atom. The van der Waals surface area contributed by atoms with Crippen molar-refractivity contribution < 1.29 is 14.3 Å². The first-order valence-corrected chi connectivity index (χ1v) is 8.73. The molecule has 2 aromatic rings. The number of benzene rings is 1. The van der Waals surface area contributed by atoms with Gasteiger partial charge in [0.05, 0.1) is 17.1 Å². The minimum atomic E-state index is -0.300. The number of thioether (sulfide) groups is 1. The number of nitrogens with zero attached hydrogens (tertiary/aromatic N) is 2. The second kappa shape index (κ2) is 7.53. The molecule has 0 radical (unpaired) electrons. The lowest BCUT2D eigenvalue weighted by atomic mass is 10.2. The highest BCUT2D eigenvalue weighted by Gasteiger charge is 2.34. The molecular weight excluding hydrogens is 336 g/mol. The van der Waals surface area contributed by atoms with Crippen LogP contribution in [-0.4, -0.2) is 34.2 Å². The molecule has 2 amide bonds. The van der Waals surface area contributed by atoms with Gasteiger partial charge in [-0.1, -0.05) is 18.2 Å². The quantitative estimate of drug-likeness (QED) is 0.764. The zero-order chi connectivity index (χ0) is 17.8. The zero-order valence-electron chi connectivity index (χ0n) is 14.1. The number of carbonyl (C=O) groups is 2. The van der Waals surface area contributed by atoms with Crippen molar-refractivity contribution in [3.8, 4) is 5.75 Å². The highest BCUT2D eigenvalue weighted by molar-refractivity contribution is 8.18. The van der Waals surface area contributed by atoms with Crippen LogP contribution < -0.4 is 4.74 Å². The van der Waals surface area contributed by atoms with E-state index in [0.29, 0.717) is 10.6 Å². The third kappa shape index (κ3) is 4.28. The number of rotatable bonds is 5. The van der Waals surface area contributed by atoms with Crippen LogP contribution in [0, 0.1) is 13.8 Å². The summed E-state index contributed by atoms with van der Waals surface area (Å²) in [5.41, 5.74) is 2.62. The van der Waals surface area contributed by atoms with Crippen molar-refractivity contribution >= 4 is 29.0 Å². The van der Waals surface area contributed by atoms with Gasteiger partial charge in [-0.25, -0.2) is 0 Å². The molecule has 1 fully saturated rings. The lowest BCUT2D eigenvalue weighted by Crippen LogP contribution is -2.32. The molecule has 1 saturated heterocycles. The maximum atomic E-state index is 12.4. The number of imide groups is 1. The van der Waals surface area contributed by atoms with Crippen molar-refractivity contribution in [2.45, 2.75) is 13.8 Å². The Balaban J connectivity index is 1.63. The van der Waals surface area contributed by atoms with Crippen LogP contribution in [0.3, 0.4) is 0 Å². The zero-order valence-corrected chi connectivity index (χ0v) is 14.9. The molecule has 0 bridgehead atoms. The summed E-state index contributed by atoms with van der Waals surface area (Å²) in [4.78, 5) is 30.5. The van der Waals surface area contributed by atoms with Crippen LogP contribution >= 0.6 is 11.8 Å². The molecule has 1 aromatic heterocycles. The molecule has 2 heterocycles. The minimum absolute atomic E-state index is 0.219. The van der Waals surface area contributed by atoms with E-state index < -0.39 is 0 Å². The van der Waals surface area contributed by atoms with E-state index in [4.69, 9.17) is 4.74 Å². The summed E-state index contributed by atoms with van der Waals surface area (Å²) >= 11 is 0.934. The standard InChI is InChI=1S/C19H18N2O3S/c1-13-5-3-8-16(11-13)24-10-9-21-18(22)17(25-19(21)23)12-15-7-4-6-14(2)20-15/h3-8,11-12H,9-10H2,1-2H3/b17-12-. The molecule has 1 aliphatic heterocycles. The molecule has 3 rings (SSSR count). The molecule has 25 heavy (non-hydrogen) atoms. The summed E-state index contributed by atoms with van der Waals surface area (Å²) in [6, 6.07) is 13.2. The SMILES string of the molecule is Cc1cccc(OCCN2C(=O)S/C(=C\c3cccc(C)n3)C2=O)c1. The fourth-order valence-corrected chi connectivity index (χ4v) is 3.28. The van der Waals surface area contributed by atoms with Gasteiger partial charge < -0.3 is 4.74 Å². The summed E-state index contributed by atoms with van der Waals surface area (Å²) in [5, 5.41) is -0.281. The van der Waals surface area contributed by atoms with Crippen molar-refractivity contribution in [1.82, 2.24) is 9.88 Å². The topological polar surface area (TPSA) is 59.5 Å². The number of carbonyl (C=O) groups excluding carboxylic acids is 2. The van der Waals surface area contributed by atoms with Gasteiger partial charge in [-0.15, -0.1) is 0 Å². The summed E-state index contributed by atoms with van der Waals surface area (Å²) in [7, 11) is 0. The Morgan fingerprint density at radius 1 is 1.16 bits per heavy atom. The van der Waals surface area contributed by atoms with Crippen LogP contribution in [0.4, 0.5) is 4.79 Å². The number of hydrogen-bond acceptors (Lipinski definition) is 5. The first kappa shape index (κ1) is 17.2. The molecule has 6 heteroatoms. The Labute approximate surface area is 150 Å². The average molecular weight is 354 g/mol. The van der Waals surface area contributed by atoms with Crippen LogP contribution in [0.5, 0.6) is 5.75 Å². The second-order valence-corrected chi connectivity index (χ2v) is 6.70. The molecule has 1 aromatic carbocycles. The molecule has 1 aliphatic rings.